The molecule has 396 valence electrons. The summed E-state index contributed by atoms with van der Waals surface area (Å²) >= 11 is 0. The summed E-state index contributed by atoms with van der Waals surface area (Å²) in [5, 5.41) is 10.5. The van der Waals surface area contributed by atoms with Gasteiger partial charge in [0.1, 0.15) is 22.8 Å². The summed E-state index contributed by atoms with van der Waals surface area (Å²) in [6, 6.07) is 85.9. The first-order chi connectivity index (χ1) is 41.3. The average molecular weight is 1080 g/mol. The van der Waals surface area contributed by atoms with Gasteiger partial charge in [-0.05, 0) is 154 Å². The molecule has 0 saturated carbocycles. The Hall–Kier alpha value is -10.8. The van der Waals surface area contributed by atoms with Crippen molar-refractivity contribution in [3.05, 3.63) is 294 Å². The summed E-state index contributed by atoms with van der Waals surface area (Å²) in [4.78, 5) is 4.56. The predicted molar refractivity (Wildman–Crippen MR) is 340 cm³/mol. The molecule has 0 amide bonds. The van der Waals surface area contributed by atoms with E-state index in [1.807, 2.05) is 24.3 Å². The van der Waals surface area contributed by atoms with Gasteiger partial charge in [0.2, 0.25) is 0 Å². The summed E-state index contributed by atoms with van der Waals surface area (Å²) in [6.07, 6.45) is 0. The summed E-state index contributed by atoms with van der Waals surface area (Å²) in [6.45, 7) is 4.17. The van der Waals surface area contributed by atoms with Gasteiger partial charge >= 0.3 is 0 Å². The van der Waals surface area contributed by atoms with Crippen LogP contribution in [0.25, 0.3) is 104 Å². The maximum atomic E-state index is 15.4. The first kappa shape index (κ1) is 46.9. The zero-order valence-electron chi connectivity index (χ0n) is 45.6. The van der Waals surface area contributed by atoms with E-state index in [9.17, 15) is 0 Å². The number of furan rings is 2. The third-order valence-electron chi connectivity index (χ3n) is 18.3. The largest absolute Gasteiger partial charge is 0.454 e. The van der Waals surface area contributed by atoms with Gasteiger partial charge in [0.25, 0.3) is 0 Å². The highest BCUT2D eigenvalue weighted by Gasteiger charge is 2.53. The lowest BCUT2D eigenvalue weighted by Gasteiger charge is -2.40. The molecule has 7 heteroatoms. The van der Waals surface area contributed by atoms with Crippen LogP contribution >= 0.6 is 0 Å². The number of fused-ring (bicyclic) bond motifs is 22. The van der Waals surface area contributed by atoms with E-state index in [0.29, 0.717) is 0 Å². The molecule has 5 nitrogen and oxygen atoms in total. The van der Waals surface area contributed by atoms with Crippen molar-refractivity contribution in [1.29, 1.82) is 0 Å². The average Bonchev–Trinajstić information content (AvgIpc) is 1.54. The van der Waals surface area contributed by atoms with E-state index in [1.54, 1.807) is 24.3 Å². The molecule has 4 heterocycles. The normalized spacial score (nSPS) is 13.1. The van der Waals surface area contributed by atoms with Gasteiger partial charge < -0.3 is 23.2 Å². The Morgan fingerprint density at radius 3 is 1.27 bits per heavy atom. The number of rotatable bonds is 6. The second-order valence-corrected chi connectivity index (χ2v) is 22.6. The van der Waals surface area contributed by atoms with E-state index >= 15 is 8.78 Å². The van der Waals surface area contributed by atoms with E-state index in [2.05, 4.69) is 228 Å². The van der Waals surface area contributed by atoms with Gasteiger partial charge in [-0.3, -0.25) is 0 Å². The molecule has 3 aromatic heterocycles. The summed E-state index contributed by atoms with van der Waals surface area (Å²) < 4.78 is 47.3. The van der Waals surface area contributed by atoms with Gasteiger partial charge in [0.15, 0.2) is 11.2 Å². The van der Waals surface area contributed by atoms with Crippen LogP contribution < -0.4 is 9.80 Å². The van der Waals surface area contributed by atoms with Gasteiger partial charge in [-0.1, -0.05) is 164 Å². The van der Waals surface area contributed by atoms with Gasteiger partial charge in [0.05, 0.1) is 44.9 Å². The zero-order valence-corrected chi connectivity index (χ0v) is 45.6. The monoisotopic (exact) mass is 1080 g/mol. The smallest absolute Gasteiger partial charge is 0.159 e. The number of benzene rings is 13. The van der Waals surface area contributed by atoms with Crippen LogP contribution in [0.15, 0.2) is 258 Å². The molecule has 13 aromatic carbocycles. The molecule has 2 aliphatic rings. The van der Waals surface area contributed by atoms with Crippen molar-refractivity contribution in [3.63, 3.8) is 0 Å². The van der Waals surface area contributed by atoms with Crippen LogP contribution in [0.1, 0.15) is 33.4 Å². The molecule has 0 bridgehead atoms. The Labute approximate surface area is 480 Å². The van der Waals surface area contributed by atoms with Crippen LogP contribution in [0, 0.1) is 25.5 Å². The van der Waals surface area contributed by atoms with Crippen molar-refractivity contribution >= 4 is 121 Å². The van der Waals surface area contributed by atoms with Gasteiger partial charge in [-0.25, -0.2) is 8.78 Å². The minimum Gasteiger partial charge on any atom is -0.454 e. The van der Waals surface area contributed by atoms with E-state index in [4.69, 9.17) is 8.83 Å². The number of aryl methyl sites for hydroxylation is 2. The van der Waals surface area contributed by atoms with Crippen molar-refractivity contribution in [2.24, 2.45) is 0 Å². The quantitative estimate of drug-likeness (QED) is 0.166. The Kier molecular flexibility index (Phi) is 9.58. The number of para-hydroxylation sites is 7. The standard InChI is InChI=1S/C77H47F2N3O2/c1-44-16-11-24-56-58-26-14-32-66(75(58)83-73(44)56)80(48-38-34-46(78)35-39-48)68-42-62-70(53-21-5-3-18-50(53)68)71-54-22-6-4-19-51(54)69(81(49-40-36-47(79)37-41-49)67-33-15-27-59-57-25-12-17-45(2)74(57)84-76(59)67)43-63(71)77(62)60-28-8-10-31-65(60)82-64-30-9-7-20-52(64)55-23-13-29-61(77)72(55)82/h3-43H,1-2H3. The highest BCUT2D eigenvalue weighted by atomic mass is 19.1. The molecule has 1 aliphatic heterocycles. The van der Waals surface area contributed by atoms with Crippen molar-refractivity contribution in [3.8, 4) is 16.8 Å². The Morgan fingerprint density at radius 2 is 0.738 bits per heavy atom. The maximum Gasteiger partial charge on any atom is 0.159 e. The molecule has 0 unspecified atom stereocenters. The molecule has 0 atom stereocenters. The molecule has 1 spiro atoms. The summed E-state index contributed by atoms with van der Waals surface area (Å²) in [7, 11) is 0. The van der Waals surface area contributed by atoms with E-state index in [-0.39, 0.29) is 11.6 Å². The van der Waals surface area contributed by atoms with Crippen LogP contribution in [-0.4, -0.2) is 4.57 Å². The van der Waals surface area contributed by atoms with Crippen LogP contribution in [0.5, 0.6) is 0 Å². The minimum absolute atomic E-state index is 0.323. The Bertz CT molecular complexity index is 5260. The fourth-order valence-electron chi connectivity index (χ4n) is 14.9. The van der Waals surface area contributed by atoms with Crippen molar-refractivity contribution < 1.29 is 17.6 Å². The first-order valence-electron chi connectivity index (χ1n) is 28.5. The number of nitrogens with zero attached hydrogens (tertiary/aromatic N) is 3. The van der Waals surface area contributed by atoms with Crippen LogP contribution in [-0.2, 0) is 5.41 Å². The van der Waals surface area contributed by atoms with Crippen molar-refractivity contribution in [2.75, 3.05) is 9.80 Å². The summed E-state index contributed by atoms with van der Waals surface area (Å²) in [5.74, 6) is -0.647. The fourth-order valence-corrected chi connectivity index (χ4v) is 14.9. The number of anilines is 6. The molecular weight excluding hydrogens is 1040 g/mol. The fraction of sp³-hybridized carbons (Fsp3) is 0.0390. The Morgan fingerprint density at radius 1 is 0.333 bits per heavy atom. The lowest BCUT2D eigenvalue weighted by molar-refractivity contribution is 0.627. The maximum absolute atomic E-state index is 15.4. The summed E-state index contributed by atoms with van der Waals surface area (Å²) in [5.41, 5.74) is 19.3. The molecule has 0 N–H and O–H groups in total. The van der Waals surface area contributed by atoms with E-state index < -0.39 is 5.41 Å². The molecule has 16 aromatic rings. The molecule has 0 saturated heterocycles. The number of hydrogen-bond acceptors (Lipinski definition) is 4. The molecule has 0 radical (unpaired) electrons. The van der Waals surface area contributed by atoms with Crippen molar-refractivity contribution in [2.45, 2.75) is 19.3 Å². The number of hydrogen-bond donors (Lipinski definition) is 0. The third-order valence-corrected chi connectivity index (χ3v) is 18.3. The Balaban J connectivity index is 1.03. The topological polar surface area (TPSA) is 37.7 Å². The molecule has 18 rings (SSSR count). The first-order valence-corrected chi connectivity index (χ1v) is 28.5. The number of aromatic nitrogens is 1. The third kappa shape index (κ3) is 6.14. The van der Waals surface area contributed by atoms with Crippen LogP contribution in [0.2, 0.25) is 0 Å². The second kappa shape index (κ2) is 17.1. The molecule has 84 heavy (non-hydrogen) atoms. The SMILES string of the molecule is Cc1cccc2c1oc1c(N(c3ccc(F)cc3)c3cc4c(c5ccccc35)-c3c(cc(N(c5ccc(F)cc5)c5cccc6c5oc5c(C)cccc56)c5ccccc35)C43c4ccccc4-n4c5ccccc5c5cccc3c54)cccc12. The van der Waals surface area contributed by atoms with Crippen LogP contribution in [0.3, 0.4) is 0 Å². The highest BCUT2D eigenvalue weighted by molar-refractivity contribution is 6.22. The predicted octanol–water partition coefficient (Wildman–Crippen LogP) is 21.4. The highest BCUT2D eigenvalue weighted by Crippen LogP contribution is 2.66. The lowest BCUT2D eigenvalue weighted by Crippen LogP contribution is -2.34. The van der Waals surface area contributed by atoms with Gasteiger partial charge in [-0.2, -0.15) is 0 Å². The van der Waals surface area contributed by atoms with E-state index in [0.717, 1.165) is 166 Å². The van der Waals surface area contributed by atoms with E-state index in [1.165, 1.54) is 5.39 Å². The molecule has 1 aliphatic carbocycles. The lowest BCUT2D eigenvalue weighted by atomic mass is 9.65. The zero-order chi connectivity index (χ0) is 55.7. The minimum atomic E-state index is -0.989. The number of halogens is 2. The molecule has 0 fully saturated rings. The van der Waals surface area contributed by atoms with Crippen molar-refractivity contribution in [1.82, 2.24) is 4.57 Å². The van der Waals surface area contributed by atoms with Gasteiger partial charge in [-0.15, -0.1) is 0 Å². The molecular formula is C77H47F2N3O2. The second-order valence-electron chi connectivity index (χ2n) is 22.6. The van der Waals surface area contributed by atoms with Crippen LogP contribution in [0.4, 0.5) is 42.9 Å². The van der Waals surface area contributed by atoms with Gasteiger partial charge in [0, 0.05) is 54.5 Å².